The monoisotopic (exact) mass is 302 g/mol. The number of primary amides is 1. The number of amides is 1. The molecule has 1 saturated carbocycles. The summed E-state index contributed by atoms with van der Waals surface area (Å²) in [6, 6.07) is 5.01. The summed E-state index contributed by atoms with van der Waals surface area (Å²) in [5.74, 6) is -1.41. The first kappa shape index (κ1) is 14.6. The number of nitrogens with two attached hydrogens (primary N) is 1. The topological polar surface area (TPSA) is 56.0 Å². The lowest BCUT2D eigenvalue weighted by Gasteiger charge is -2.18. The molecule has 1 aliphatic rings. The fourth-order valence-electron chi connectivity index (χ4n) is 2.92. The van der Waals surface area contributed by atoms with Gasteiger partial charge < -0.3 is 5.73 Å². The Morgan fingerprint density at radius 1 is 1.27 bits per heavy atom. The Hall–Kier alpha value is -2.30. The quantitative estimate of drug-likeness (QED) is 0.937. The maximum absolute atomic E-state index is 13.5. The predicted molar refractivity (Wildman–Crippen MR) is 79.2 cm³/mol. The van der Waals surface area contributed by atoms with Gasteiger partial charge in [-0.1, -0.05) is 6.92 Å². The molecule has 3 nitrogen and oxygen atoms in total. The van der Waals surface area contributed by atoms with Gasteiger partial charge in [0, 0.05) is 12.3 Å². The molecule has 0 radical (unpaired) electrons. The van der Waals surface area contributed by atoms with Crippen molar-refractivity contribution < 1.29 is 13.6 Å². The van der Waals surface area contributed by atoms with Gasteiger partial charge in [0.05, 0.1) is 0 Å². The van der Waals surface area contributed by atoms with Crippen LogP contribution in [0.25, 0.3) is 11.1 Å². The van der Waals surface area contributed by atoms with Crippen molar-refractivity contribution in [3.8, 4) is 11.1 Å². The molecule has 1 heterocycles. The fourth-order valence-corrected chi connectivity index (χ4v) is 2.92. The largest absolute Gasteiger partial charge is 0.364 e. The second-order valence-corrected chi connectivity index (χ2v) is 5.77. The van der Waals surface area contributed by atoms with Crippen LogP contribution >= 0.6 is 0 Å². The molecule has 0 bridgehead atoms. The minimum Gasteiger partial charge on any atom is -0.364 e. The highest BCUT2D eigenvalue weighted by molar-refractivity contribution is 5.94. The van der Waals surface area contributed by atoms with Crippen LogP contribution in [0.3, 0.4) is 0 Å². The van der Waals surface area contributed by atoms with Crippen molar-refractivity contribution in [1.82, 2.24) is 4.98 Å². The van der Waals surface area contributed by atoms with Gasteiger partial charge in [-0.3, -0.25) is 9.78 Å². The van der Waals surface area contributed by atoms with Crippen molar-refractivity contribution >= 4 is 5.91 Å². The molecule has 1 aromatic heterocycles. The van der Waals surface area contributed by atoms with Crippen LogP contribution in [0.2, 0.25) is 0 Å². The van der Waals surface area contributed by atoms with Crippen LogP contribution in [0.1, 0.15) is 41.7 Å². The van der Waals surface area contributed by atoms with Crippen molar-refractivity contribution in [3.05, 3.63) is 53.4 Å². The van der Waals surface area contributed by atoms with Crippen LogP contribution < -0.4 is 5.73 Å². The number of carbonyl (C=O) groups is 1. The molecule has 0 saturated heterocycles. The number of nitrogens with zero attached hydrogens (tertiary/aromatic N) is 1. The van der Waals surface area contributed by atoms with E-state index in [9.17, 15) is 13.6 Å². The lowest BCUT2D eigenvalue weighted by molar-refractivity contribution is 0.0994. The van der Waals surface area contributed by atoms with Gasteiger partial charge in [-0.15, -0.1) is 0 Å². The van der Waals surface area contributed by atoms with Crippen LogP contribution in [0.15, 0.2) is 30.5 Å². The van der Waals surface area contributed by atoms with Crippen LogP contribution in [-0.4, -0.2) is 10.9 Å². The normalized spacial score (nSPS) is 15.6. The lowest BCUT2D eigenvalue weighted by atomic mass is 9.87. The predicted octanol–water partition coefficient (Wildman–Crippen LogP) is 3.64. The van der Waals surface area contributed by atoms with Crippen LogP contribution in [0.5, 0.6) is 0 Å². The lowest BCUT2D eigenvalue weighted by Crippen LogP contribution is -2.18. The Balaban J connectivity index is 2.21. The molecular weight excluding hydrogens is 286 g/mol. The first-order valence-corrected chi connectivity index (χ1v) is 7.22. The van der Waals surface area contributed by atoms with E-state index in [1.807, 2.05) is 6.92 Å². The number of aromatic nitrogens is 1. The van der Waals surface area contributed by atoms with Crippen molar-refractivity contribution in [2.45, 2.75) is 25.7 Å². The Bertz CT molecular complexity index is 721. The van der Waals surface area contributed by atoms with Gasteiger partial charge in [0.1, 0.15) is 17.3 Å². The molecule has 5 heteroatoms. The zero-order valence-electron chi connectivity index (χ0n) is 12.1. The number of benzene rings is 1. The molecule has 114 valence electrons. The minimum absolute atomic E-state index is 0.0672. The van der Waals surface area contributed by atoms with Gasteiger partial charge in [-0.05, 0) is 59.6 Å². The molecular formula is C17H16F2N2O. The molecule has 0 unspecified atom stereocenters. The van der Waals surface area contributed by atoms with E-state index in [0.29, 0.717) is 22.6 Å². The number of halogens is 2. The van der Waals surface area contributed by atoms with Gasteiger partial charge in [0.25, 0.3) is 5.91 Å². The van der Waals surface area contributed by atoms with Crippen molar-refractivity contribution in [3.63, 3.8) is 0 Å². The maximum Gasteiger partial charge on any atom is 0.267 e. The molecule has 0 spiro atoms. The number of hydrogen-bond acceptors (Lipinski definition) is 2. The van der Waals surface area contributed by atoms with E-state index in [1.54, 1.807) is 6.07 Å². The number of rotatable bonds is 4. The molecule has 2 aromatic rings. The molecule has 22 heavy (non-hydrogen) atoms. The van der Waals surface area contributed by atoms with Crippen molar-refractivity contribution in [2.75, 3.05) is 0 Å². The zero-order valence-corrected chi connectivity index (χ0v) is 12.1. The van der Waals surface area contributed by atoms with E-state index in [2.05, 4.69) is 4.98 Å². The molecule has 1 atom stereocenters. The van der Waals surface area contributed by atoms with E-state index >= 15 is 0 Å². The summed E-state index contributed by atoms with van der Waals surface area (Å²) >= 11 is 0. The summed E-state index contributed by atoms with van der Waals surface area (Å²) in [5.41, 5.74) is 7.30. The first-order valence-electron chi connectivity index (χ1n) is 7.22. The van der Waals surface area contributed by atoms with Gasteiger partial charge in [0.15, 0.2) is 0 Å². The average molecular weight is 302 g/mol. The minimum atomic E-state index is -0.655. The van der Waals surface area contributed by atoms with Gasteiger partial charge in [-0.2, -0.15) is 0 Å². The summed E-state index contributed by atoms with van der Waals surface area (Å²) in [4.78, 5) is 15.8. The second kappa shape index (κ2) is 5.48. The number of carbonyl (C=O) groups excluding carboxylic acids is 1. The van der Waals surface area contributed by atoms with E-state index in [0.717, 1.165) is 18.9 Å². The molecule has 1 fully saturated rings. The van der Waals surface area contributed by atoms with E-state index in [4.69, 9.17) is 5.73 Å². The van der Waals surface area contributed by atoms with Crippen LogP contribution in [-0.2, 0) is 0 Å². The Kier molecular flexibility index (Phi) is 3.64. The average Bonchev–Trinajstić information content (AvgIpc) is 3.29. The summed E-state index contributed by atoms with van der Waals surface area (Å²) in [6.45, 7) is 2.00. The highest BCUT2D eigenvalue weighted by atomic mass is 19.1. The summed E-state index contributed by atoms with van der Waals surface area (Å²) < 4.78 is 27.1. The molecule has 0 aliphatic heterocycles. The van der Waals surface area contributed by atoms with E-state index in [-0.39, 0.29) is 11.6 Å². The van der Waals surface area contributed by atoms with Gasteiger partial charge >= 0.3 is 0 Å². The van der Waals surface area contributed by atoms with Gasteiger partial charge in [0.2, 0.25) is 0 Å². The Labute approximate surface area is 127 Å². The third kappa shape index (κ3) is 2.71. The van der Waals surface area contributed by atoms with E-state index < -0.39 is 17.5 Å². The van der Waals surface area contributed by atoms with Gasteiger partial charge in [-0.25, -0.2) is 8.78 Å². The van der Waals surface area contributed by atoms with Crippen LogP contribution in [0, 0.1) is 17.6 Å². The highest BCUT2D eigenvalue weighted by Gasteiger charge is 2.33. The molecule has 1 amide bonds. The third-order valence-corrected chi connectivity index (χ3v) is 4.18. The molecule has 3 rings (SSSR count). The number of hydrogen-bond donors (Lipinski definition) is 1. The SMILES string of the molecule is C[C@H](c1c(-c2cc(F)cc(F)c2)ccnc1C(N)=O)C1CC1. The summed E-state index contributed by atoms with van der Waals surface area (Å²) in [5, 5.41) is 0. The van der Waals surface area contributed by atoms with Crippen molar-refractivity contribution in [2.24, 2.45) is 11.7 Å². The highest BCUT2D eigenvalue weighted by Crippen LogP contribution is 2.45. The smallest absolute Gasteiger partial charge is 0.267 e. The molecule has 1 aromatic carbocycles. The number of pyridine rings is 1. The second-order valence-electron chi connectivity index (χ2n) is 5.77. The van der Waals surface area contributed by atoms with E-state index in [1.165, 1.54) is 18.3 Å². The summed E-state index contributed by atoms with van der Waals surface area (Å²) in [6.07, 6.45) is 3.60. The molecule has 1 aliphatic carbocycles. The first-order chi connectivity index (χ1) is 10.5. The summed E-state index contributed by atoms with van der Waals surface area (Å²) in [7, 11) is 0. The fraction of sp³-hybridized carbons (Fsp3) is 0.294. The zero-order chi connectivity index (χ0) is 15.9. The standard InChI is InChI=1S/C17H16F2N2O/c1-9(10-2-3-10)15-14(4-5-21-16(15)17(20)22)11-6-12(18)8-13(19)7-11/h4-10H,2-3H2,1H3,(H2,20,22)/t9-/m0/s1. The Morgan fingerprint density at radius 2 is 1.91 bits per heavy atom. The van der Waals surface area contributed by atoms with Crippen LogP contribution in [0.4, 0.5) is 8.78 Å². The Morgan fingerprint density at radius 3 is 2.45 bits per heavy atom. The third-order valence-electron chi connectivity index (χ3n) is 4.18. The maximum atomic E-state index is 13.5. The van der Waals surface area contributed by atoms with Crippen molar-refractivity contribution in [1.29, 1.82) is 0 Å². The molecule has 2 N–H and O–H groups in total.